The van der Waals surface area contributed by atoms with Crippen LogP contribution in [-0.4, -0.2) is 48.6 Å². The summed E-state index contributed by atoms with van der Waals surface area (Å²) in [6.45, 7) is 1.38. The number of hydrogen-bond acceptors (Lipinski definition) is 7. The summed E-state index contributed by atoms with van der Waals surface area (Å²) in [5.74, 6) is 0.504. The molecule has 4 rings (SSSR count). The number of carbonyl (C=O) groups excluding carboxylic acids is 1. The summed E-state index contributed by atoms with van der Waals surface area (Å²) in [6, 6.07) is 0. The molecule has 0 atom stereocenters. The van der Waals surface area contributed by atoms with Gasteiger partial charge < -0.3 is 19.8 Å². The molecular formula is C16H18N8OS. The average Bonchev–Trinajstić information content (AvgIpc) is 3.37. The van der Waals surface area contributed by atoms with E-state index >= 15 is 0 Å². The number of rotatable bonds is 6. The van der Waals surface area contributed by atoms with Crippen molar-refractivity contribution in [2.24, 2.45) is 7.05 Å². The number of carbonyl (C=O) groups is 1. The van der Waals surface area contributed by atoms with Crippen LogP contribution in [0.15, 0.2) is 25.0 Å². The number of aromatic nitrogens is 6. The number of imidazole rings is 2. The molecule has 10 heteroatoms. The average molecular weight is 370 g/mol. The molecule has 0 saturated heterocycles. The summed E-state index contributed by atoms with van der Waals surface area (Å²) in [7, 11) is 3.71. The third-order valence-electron chi connectivity index (χ3n) is 4.08. The van der Waals surface area contributed by atoms with Gasteiger partial charge in [-0.2, -0.15) is 0 Å². The molecule has 0 unspecified atom stereocenters. The van der Waals surface area contributed by atoms with Crippen molar-refractivity contribution in [1.82, 2.24) is 34.4 Å². The molecule has 134 valence electrons. The SMILES string of the molecule is CNc1nc2sc(C(=O)NCCCn3ccnc3)nc2c2c1ncn2C. The van der Waals surface area contributed by atoms with Crippen LogP contribution >= 0.6 is 11.3 Å². The number of nitrogens with one attached hydrogen (secondary N) is 2. The van der Waals surface area contributed by atoms with E-state index in [1.165, 1.54) is 11.3 Å². The van der Waals surface area contributed by atoms with Crippen LogP contribution in [0.25, 0.3) is 21.4 Å². The quantitative estimate of drug-likeness (QED) is 0.500. The maximum Gasteiger partial charge on any atom is 0.280 e. The summed E-state index contributed by atoms with van der Waals surface area (Å²) in [6.07, 6.45) is 7.95. The first kappa shape index (κ1) is 16.5. The van der Waals surface area contributed by atoms with Gasteiger partial charge in [-0.05, 0) is 6.42 Å². The van der Waals surface area contributed by atoms with Crippen molar-refractivity contribution in [3.05, 3.63) is 30.1 Å². The normalized spacial score (nSPS) is 11.3. The van der Waals surface area contributed by atoms with Gasteiger partial charge in [-0.25, -0.2) is 19.9 Å². The molecule has 0 bridgehead atoms. The van der Waals surface area contributed by atoms with Gasteiger partial charge in [0, 0.05) is 39.6 Å². The number of amides is 1. The second-order valence-corrected chi connectivity index (χ2v) is 6.82. The van der Waals surface area contributed by atoms with Gasteiger partial charge in [0.15, 0.2) is 10.8 Å². The Morgan fingerprint density at radius 2 is 2.15 bits per heavy atom. The van der Waals surface area contributed by atoms with E-state index in [2.05, 4.69) is 30.6 Å². The molecule has 4 heterocycles. The second kappa shape index (κ2) is 6.71. The molecule has 4 aromatic heterocycles. The minimum atomic E-state index is -0.181. The minimum absolute atomic E-state index is 0.181. The van der Waals surface area contributed by atoms with E-state index in [4.69, 9.17) is 0 Å². The van der Waals surface area contributed by atoms with Gasteiger partial charge in [-0.3, -0.25) is 4.79 Å². The number of fused-ring (bicyclic) bond motifs is 3. The Kier molecular flexibility index (Phi) is 4.25. The molecule has 2 N–H and O–H groups in total. The number of aryl methyl sites for hydroxylation is 2. The van der Waals surface area contributed by atoms with Gasteiger partial charge in [-0.15, -0.1) is 0 Å². The second-order valence-electron chi connectivity index (χ2n) is 5.85. The number of pyridine rings is 1. The lowest BCUT2D eigenvalue weighted by Crippen LogP contribution is -2.25. The molecule has 0 aliphatic heterocycles. The molecule has 0 saturated carbocycles. The van der Waals surface area contributed by atoms with Crippen molar-refractivity contribution in [1.29, 1.82) is 0 Å². The lowest BCUT2D eigenvalue weighted by molar-refractivity contribution is 0.0952. The van der Waals surface area contributed by atoms with Gasteiger partial charge in [0.05, 0.1) is 12.7 Å². The van der Waals surface area contributed by atoms with Crippen LogP contribution in [0.5, 0.6) is 0 Å². The highest BCUT2D eigenvalue weighted by atomic mass is 32.1. The molecule has 1 amide bonds. The van der Waals surface area contributed by atoms with Gasteiger partial charge in [0.1, 0.15) is 21.4 Å². The van der Waals surface area contributed by atoms with E-state index in [1.54, 1.807) is 25.9 Å². The molecule has 0 spiro atoms. The van der Waals surface area contributed by atoms with Gasteiger partial charge in [-0.1, -0.05) is 11.3 Å². The zero-order chi connectivity index (χ0) is 18.1. The summed E-state index contributed by atoms with van der Waals surface area (Å²) >= 11 is 1.29. The fraction of sp³-hybridized carbons (Fsp3) is 0.312. The zero-order valence-corrected chi connectivity index (χ0v) is 15.2. The first-order chi connectivity index (χ1) is 12.7. The lowest BCUT2D eigenvalue weighted by Gasteiger charge is -2.03. The predicted molar refractivity (Wildman–Crippen MR) is 100 cm³/mol. The highest BCUT2D eigenvalue weighted by molar-refractivity contribution is 7.20. The van der Waals surface area contributed by atoms with Crippen LogP contribution in [0.3, 0.4) is 0 Å². The van der Waals surface area contributed by atoms with Gasteiger partial charge in [0.2, 0.25) is 0 Å². The Hall–Kier alpha value is -3.01. The smallest absolute Gasteiger partial charge is 0.280 e. The predicted octanol–water partition coefficient (Wildman–Crippen LogP) is 1.64. The molecule has 0 aromatic carbocycles. The Morgan fingerprint density at radius 1 is 1.27 bits per heavy atom. The number of thiazole rings is 1. The lowest BCUT2D eigenvalue weighted by atomic mass is 10.3. The molecule has 4 aromatic rings. The standard InChI is InChI=1S/C16H18N8OS/c1-17-13-10-12(23(2)9-20-10)11-15(22-13)26-16(21-11)14(25)19-4-3-6-24-7-5-18-8-24/h5,7-9H,3-4,6H2,1-2H3,(H,17,22)(H,19,25). The first-order valence-electron chi connectivity index (χ1n) is 8.20. The van der Waals surface area contributed by atoms with E-state index < -0.39 is 0 Å². The topological polar surface area (TPSA) is 103 Å². The van der Waals surface area contributed by atoms with Crippen molar-refractivity contribution in [3.8, 4) is 0 Å². The molecule has 0 aliphatic carbocycles. The first-order valence-corrected chi connectivity index (χ1v) is 9.02. The van der Waals surface area contributed by atoms with E-state index in [1.807, 2.05) is 22.4 Å². The third-order valence-corrected chi connectivity index (χ3v) is 5.03. The van der Waals surface area contributed by atoms with Crippen LogP contribution in [0.1, 0.15) is 16.2 Å². The van der Waals surface area contributed by atoms with Crippen molar-refractivity contribution in [2.75, 3.05) is 18.9 Å². The highest BCUT2D eigenvalue weighted by Gasteiger charge is 2.19. The molecule has 9 nitrogen and oxygen atoms in total. The van der Waals surface area contributed by atoms with E-state index in [9.17, 15) is 4.79 Å². The summed E-state index contributed by atoms with van der Waals surface area (Å²) in [5.41, 5.74) is 2.32. The van der Waals surface area contributed by atoms with Gasteiger partial charge >= 0.3 is 0 Å². The molecular weight excluding hydrogens is 352 g/mol. The largest absolute Gasteiger partial charge is 0.371 e. The minimum Gasteiger partial charge on any atom is -0.371 e. The Balaban J connectivity index is 1.54. The maximum absolute atomic E-state index is 12.4. The molecule has 26 heavy (non-hydrogen) atoms. The molecule has 0 aliphatic rings. The van der Waals surface area contributed by atoms with Crippen LogP contribution < -0.4 is 10.6 Å². The third kappa shape index (κ3) is 2.88. The molecule has 0 radical (unpaired) electrons. The Bertz CT molecular complexity index is 1070. The molecule has 0 fully saturated rings. The van der Waals surface area contributed by atoms with Crippen molar-refractivity contribution in [2.45, 2.75) is 13.0 Å². The number of hydrogen-bond donors (Lipinski definition) is 2. The van der Waals surface area contributed by atoms with E-state index in [0.717, 1.165) is 24.0 Å². The van der Waals surface area contributed by atoms with Gasteiger partial charge in [0.25, 0.3) is 5.91 Å². The van der Waals surface area contributed by atoms with Crippen molar-refractivity contribution >= 4 is 44.4 Å². The monoisotopic (exact) mass is 370 g/mol. The van der Waals surface area contributed by atoms with Crippen LogP contribution in [0.4, 0.5) is 5.82 Å². The van der Waals surface area contributed by atoms with E-state index in [0.29, 0.717) is 27.7 Å². The van der Waals surface area contributed by atoms with E-state index in [-0.39, 0.29) is 5.91 Å². The van der Waals surface area contributed by atoms with Crippen LogP contribution in [0.2, 0.25) is 0 Å². The van der Waals surface area contributed by atoms with Crippen molar-refractivity contribution < 1.29 is 4.79 Å². The van der Waals surface area contributed by atoms with Crippen LogP contribution in [-0.2, 0) is 13.6 Å². The number of nitrogens with zero attached hydrogens (tertiary/aromatic N) is 6. The highest BCUT2D eigenvalue weighted by Crippen LogP contribution is 2.30. The number of anilines is 1. The zero-order valence-electron chi connectivity index (χ0n) is 14.4. The Labute approximate surface area is 153 Å². The fourth-order valence-electron chi connectivity index (χ4n) is 2.81. The Morgan fingerprint density at radius 3 is 2.92 bits per heavy atom. The maximum atomic E-state index is 12.4. The summed E-state index contributed by atoms with van der Waals surface area (Å²) in [4.78, 5) is 30.6. The fourth-order valence-corrected chi connectivity index (χ4v) is 3.67. The van der Waals surface area contributed by atoms with Crippen molar-refractivity contribution in [3.63, 3.8) is 0 Å². The van der Waals surface area contributed by atoms with Crippen LogP contribution in [0, 0.1) is 0 Å². The summed E-state index contributed by atoms with van der Waals surface area (Å²) < 4.78 is 3.87. The summed E-state index contributed by atoms with van der Waals surface area (Å²) in [5, 5.41) is 6.38.